The SMILES string of the molecule is N/C(=N/O)c1cc(F)c(Oc2ccc(F)cc2Br)c(F)c1. The summed E-state index contributed by atoms with van der Waals surface area (Å²) >= 11 is 3.02. The molecule has 3 N–H and O–H groups in total. The monoisotopic (exact) mass is 360 g/mol. The average molecular weight is 361 g/mol. The smallest absolute Gasteiger partial charge is 0.198 e. The molecule has 0 heterocycles. The van der Waals surface area contributed by atoms with Gasteiger partial charge in [-0.2, -0.15) is 0 Å². The van der Waals surface area contributed by atoms with Crippen molar-refractivity contribution in [2.75, 3.05) is 0 Å². The first-order valence-electron chi connectivity index (χ1n) is 5.52. The zero-order valence-electron chi connectivity index (χ0n) is 10.3. The molecule has 4 nitrogen and oxygen atoms in total. The normalized spacial score (nSPS) is 11.5. The molecule has 0 aromatic heterocycles. The van der Waals surface area contributed by atoms with E-state index >= 15 is 0 Å². The minimum absolute atomic E-state index is 0.0331. The van der Waals surface area contributed by atoms with Crippen LogP contribution in [-0.2, 0) is 0 Å². The Morgan fingerprint density at radius 2 is 1.76 bits per heavy atom. The summed E-state index contributed by atoms with van der Waals surface area (Å²) in [5, 5.41) is 11.1. The zero-order chi connectivity index (χ0) is 15.6. The molecule has 2 aromatic carbocycles. The van der Waals surface area contributed by atoms with Crippen LogP contribution >= 0.6 is 15.9 Å². The van der Waals surface area contributed by atoms with Crippen LogP contribution in [0.25, 0.3) is 0 Å². The van der Waals surface area contributed by atoms with Crippen molar-refractivity contribution >= 4 is 21.8 Å². The standard InChI is InChI=1S/C13H8BrF3N2O2/c14-8-5-7(15)1-2-11(8)21-12-9(16)3-6(4-10(12)17)13(18)19-20/h1-5,20H,(H2,18,19). The summed E-state index contributed by atoms with van der Waals surface area (Å²) in [6.07, 6.45) is 0. The van der Waals surface area contributed by atoms with Crippen molar-refractivity contribution in [3.8, 4) is 11.5 Å². The molecule has 2 aromatic rings. The Balaban J connectivity index is 2.41. The fourth-order valence-electron chi connectivity index (χ4n) is 1.53. The van der Waals surface area contributed by atoms with Gasteiger partial charge in [-0.3, -0.25) is 0 Å². The van der Waals surface area contributed by atoms with Crippen LogP contribution in [0, 0.1) is 17.5 Å². The van der Waals surface area contributed by atoms with Crippen molar-refractivity contribution in [1.29, 1.82) is 0 Å². The lowest BCUT2D eigenvalue weighted by Gasteiger charge is -2.10. The largest absolute Gasteiger partial charge is 0.450 e. The number of oxime groups is 1. The summed E-state index contributed by atoms with van der Waals surface area (Å²) in [7, 11) is 0. The molecule has 0 atom stereocenters. The molecule has 0 saturated heterocycles. The molecule has 0 aliphatic carbocycles. The lowest BCUT2D eigenvalue weighted by molar-refractivity contribution is 0.318. The number of hydrogen-bond acceptors (Lipinski definition) is 3. The molecule has 0 saturated carbocycles. The van der Waals surface area contributed by atoms with Crippen LogP contribution in [-0.4, -0.2) is 11.0 Å². The van der Waals surface area contributed by atoms with E-state index in [1.54, 1.807) is 0 Å². The van der Waals surface area contributed by atoms with Gasteiger partial charge in [-0.15, -0.1) is 0 Å². The number of hydrogen-bond donors (Lipinski definition) is 2. The van der Waals surface area contributed by atoms with Crippen LogP contribution in [0.15, 0.2) is 40.0 Å². The average Bonchev–Trinajstić information content (AvgIpc) is 2.43. The zero-order valence-corrected chi connectivity index (χ0v) is 11.9. The maximum absolute atomic E-state index is 13.9. The second kappa shape index (κ2) is 6.04. The maximum atomic E-state index is 13.9. The molecule has 110 valence electrons. The number of ether oxygens (including phenoxy) is 1. The Hall–Kier alpha value is -2.22. The minimum atomic E-state index is -1.05. The van der Waals surface area contributed by atoms with Gasteiger partial charge in [0.1, 0.15) is 11.6 Å². The van der Waals surface area contributed by atoms with E-state index in [0.717, 1.165) is 24.3 Å². The molecule has 0 bridgehead atoms. The molecular formula is C13H8BrF3N2O2. The molecule has 8 heteroatoms. The molecule has 0 spiro atoms. The molecule has 21 heavy (non-hydrogen) atoms. The predicted molar refractivity (Wildman–Crippen MR) is 73.0 cm³/mol. The van der Waals surface area contributed by atoms with Crippen molar-refractivity contribution in [2.45, 2.75) is 0 Å². The third-order valence-electron chi connectivity index (χ3n) is 2.51. The summed E-state index contributed by atoms with van der Waals surface area (Å²) in [6, 6.07) is 5.10. The molecule has 2 rings (SSSR count). The number of nitrogens with zero attached hydrogens (tertiary/aromatic N) is 1. The van der Waals surface area contributed by atoms with E-state index < -0.39 is 29.0 Å². The van der Waals surface area contributed by atoms with Crippen LogP contribution in [0.4, 0.5) is 13.2 Å². The summed E-state index contributed by atoms with van der Waals surface area (Å²) in [4.78, 5) is 0. The number of rotatable bonds is 3. The van der Waals surface area contributed by atoms with Gasteiger partial charge in [0.25, 0.3) is 0 Å². The molecule has 0 unspecified atom stereocenters. The van der Waals surface area contributed by atoms with E-state index in [2.05, 4.69) is 21.1 Å². The van der Waals surface area contributed by atoms with E-state index in [1.165, 1.54) is 6.07 Å². The van der Waals surface area contributed by atoms with Crippen molar-refractivity contribution in [1.82, 2.24) is 0 Å². The first kappa shape index (κ1) is 15.2. The van der Waals surface area contributed by atoms with Gasteiger partial charge in [-0.1, -0.05) is 5.16 Å². The second-order valence-electron chi connectivity index (χ2n) is 3.93. The third kappa shape index (κ3) is 3.27. The van der Waals surface area contributed by atoms with Crippen LogP contribution in [0.5, 0.6) is 11.5 Å². The van der Waals surface area contributed by atoms with Gasteiger partial charge in [0.15, 0.2) is 23.2 Å². The number of nitrogens with two attached hydrogens (primary N) is 1. The summed E-state index contributed by atoms with van der Waals surface area (Å²) in [5.41, 5.74) is 5.11. The highest BCUT2D eigenvalue weighted by atomic mass is 79.9. The lowest BCUT2D eigenvalue weighted by Crippen LogP contribution is -2.14. The number of benzene rings is 2. The van der Waals surface area contributed by atoms with E-state index in [4.69, 9.17) is 15.7 Å². The van der Waals surface area contributed by atoms with Crippen molar-refractivity contribution in [2.24, 2.45) is 10.9 Å². The van der Waals surface area contributed by atoms with Gasteiger partial charge in [-0.05, 0) is 46.3 Å². The Bertz CT molecular complexity index is 700. The first-order valence-corrected chi connectivity index (χ1v) is 6.31. The van der Waals surface area contributed by atoms with Gasteiger partial charge < -0.3 is 15.7 Å². The van der Waals surface area contributed by atoms with Crippen molar-refractivity contribution in [3.05, 3.63) is 57.8 Å². The summed E-state index contributed by atoms with van der Waals surface area (Å²) in [5.74, 6) is -3.72. The summed E-state index contributed by atoms with van der Waals surface area (Å²) in [6.45, 7) is 0. The van der Waals surface area contributed by atoms with Gasteiger partial charge in [0.2, 0.25) is 0 Å². The third-order valence-corrected chi connectivity index (χ3v) is 3.13. The Kier molecular flexibility index (Phi) is 4.37. The molecule has 0 radical (unpaired) electrons. The molecule has 0 amide bonds. The Labute approximate surface area is 125 Å². The van der Waals surface area contributed by atoms with Crippen LogP contribution in [0.3, 0.4) is 0 Å². The predicted octanol–water partition coefficient (Wildman–Crippen LogP) is 3.75. The minimum Gasteiger partial charge on any atom is -0.450 e. The van der Waals surface area contributed by atoms with Crippen LogP contribution in [0.2, 0.25) is 0 Å². The molecular weight excluding hydrogens is 353 g/mol. The Morgan fingerprint density at radius 3 is 2.29 bits per heavy atom. The molecule has 0 aliphatic heterocycles. The second-order valence-corrected chi connectivity index (χ2v) is 4.79. The van der Waals surface area contributed by atoms with Gasteiger partial charge in [-0.25, -0.2) is 13.2 Å². The highest BCUT2D eigenvalue weighted by Crippen LogP contribution is 2.33. The van der Waals surface area contributed by atoms with E-state index in [9.17, 15) is 13.2 Å². The van der Waals surface area contributed by atoms with Crippen LogP contribution in [0.1, 0.15) is 5.56 Å². The van der Waals surface area contributed by atoms with Crippen LogP contribution < -0.4 is 10.5 Å². The topological polar surface area (TPSA) is 67.8 Å². The summed E-state index contributed by atoms with van der Waals surface area (Å²) < 4.78 is 45.9. The first-order chi connectivity index (χ1) is 9.92. The van der Waals surface area contributed by atoms with Gasteiger partial charge >= 0.3 is 0 Å². The van der Waals surface area contributed by atoms with E-state index in [0.29, 0.717) is 0 Å². The van der Waals surface area contributed by atoms with Gasteiger partial charge in [0.05, 0.1) is 4.47 Å². The lowest BCUT2D eigenvalue weighted by atomic mass is 10.2. The van der Waals surface area contributed by atoms with Gasteiger partial charge in [0, 0.05) is 5.56 Å². The maximum Gasteiger partial charge on any atom is 0.198 e. The van der Waals surface area contributed by atoms with E-state index in [1.807, 2.05) is 0 Å². The number of halogens is 4. The number of amidine groups is 1. The Morgan fingerprint density at radius 1 is 1.14 bits per heavy atom. The quantitative estimate of drug-likeness (QED) is 0.379. The van der Waals surface area contributed by atoms with Crippen molar-refractivity contribution in [3.63, 3.8) is 0 Å². The molecule has 0 aliphatic rings. The fourth-order valence-corrected chi connectivity index (χ4v) is 1.96. The fraction of sp³-hybridized carbons (Fsp3) is 0. The van der Waals surface area contributed by atoms with E-state index in [-0.39, 0.29) is 15.8 Å². The highest BCUT2D eigenvalue weighted by molar-refractivity contribution is 9.10. The molecule has 0 fully saturated rings. The van der Waals surface area contributed by atoms with Crippen molar-refractivity contribution < 1.29 is 23.1 Å². The highest BCUT2D eigenvalue weighted by Gasteiger charge is 2.16.